The highest BCUT2D eigenvalue weighted by atomic mass is 16.2. The van der Waals surface area contributed by atoms with Crippen molar-refractivity contribution >= 4 is 11.6 Å². The molecule has 0 saturated heterocycles. The molecule has 0 aromatic heterocycles. The predicted octanol–water partition coefficient (Wildman–Crippen LogP) is 2.49. The number of anilines is 1. The lowest BCUT2D eigenvalue weighted by Gasteiger charge is -2.14. The number of amides is 1. The first-order valence-corrected chi connectivity index (χ1v) is 6.74. The fraction of sp³-hybridized carbons (Fsp3) is 0.533. The van der Waals surface area contributed by atoms with Crippen molar-refractivity contribution in [1.29, 1.82) is 0 Å². The van der Waals surface area contributed by atoms with Crippen LogP contribution in [0.2, 0.25) is 0 Å². The zero-order valence-corrected chi connectivity index (χ0v) is 11.2. The van der Waals surface area contributed by atoms with Crippen molar-refractivity contribution in [2.75, 3.05) is 5.32 Å². The van der Waals surface area contributed by atoms with Crippen LogP contribution in [0.5, 0.6) is 0 Å². The monoisotopic (exact) mass is 246 g/mol. The molecule has 1 aromatic carbocycles. The second-order valence-electron chi connectivity index (χ2n) is 5.56. The molecule has 1 aromatic rings. The van der Waals surface area contributed by atoms with Crippen LogP contribution in [0.3, 0.4) is 0 Å². The standard InChI is InChI=1S/C15H22N2O/c1-10(2)8-14(16)15(18)17-13-7-6-11-4-3-5-12(11)9-13/h6-7,9-10,14H,3-5,8,16H2,1-2H3,(H,17,18)/t14-/m0/s1. The Kier molecular flexibility index (Phi) is 4.02. The number of carbonyl (C=O) groups excluding carboxylic acids is 1. The third-order valence-corrected chi connectivity index (χ3v) is 3.43. The van der Waals surface area contributed by atoms with E-state index in [1.807, 2.05) is 6.07 Å². The normalized spacial score (nSPS) is 15.6. The van der Waals surface area contributed by atoms with Gasteiger partial charge in [0, 0.05) is 5.69 Å². The van der Waals surface area contributed by atoms with Gasteiger partial charge in [0.05, 0.1) is 6.04 Å². The highest BCUT2D eigenvalue weighted by Gasteiger charge is 2.16. The van der Waals surface area contributed by atoms with E-state index in [1.165, 1.54) is 17.5 Å². The van der Waals surface area contributed by atoms with Gasteiger partial charge in [-0.2, -0.15) is 0 Å². The molecule has 0 unspecified atom stereocenters. The molecule has 0 heterocycles. The molecule has 1 amide bonds. The summed E-state index contributed by atoms with van der Waals surface area (Å²) in [6.07, 6.45) is 4.23. The van der Waals surface area contributed by atoms with Gasteiger partial charge < -0.3 is 11.1 Å². The molecule has 0 bridgehead atoms. The average molecular weight is 246 g/mol. The molecule has 0 fully saturated rings. The van der Waals surface area contributed by atoms with Crippen LogP contribution in [0.4, 0.5) is 5.69 Å². The molecule has 98 valence electrons. The van der Waals surface area contributed by atoms with E-state index >= 15 is 0 Å². The third kappa shape index (κ3) is 3.10. The van der Waals surface area contributed by atoms with Crippen molar-refractivity contribution < 1.29 is 4.79 Å². The van der Waals surface area contributed by atoms with Gasteiger partial charge in [0.2, 0.25) is 5.91 Å². The van der Waals surface area contributed by atoms with Crippen molar-refractivity contribution in [1.82, 2.24) is 0 Å². The Morgan fingerprint density at radius 3 is 2.78 bits per heavy atom. The Morgan fingerprint density at radius 1 is 1.33 bits per heavy atom. The molecule has 0 spiro atoms. The summed E-state index contributed by atoms with van der Waals surface area (Å²) < 4.78 is 0. The number of carbonyl (C=O) groups is 1. The van der Waals surface area contributed by atoms with Crippen LogP contribution in [0, 0.1) is 5.92 Å². The number of fused-ring (bicyclic) bond motifs is 1. The predicted molar refractivity (Wildman–Crippen MR) is 74.5 cm³/mol. The van der Waals surface area contributed by atoms with Crippen LogP contribution in [0.15, 0.2) is 18.2 Å². The van der Waals surface area contributed by atoms with E-state index in [-0.39, 0.29) is 5.91 Å². The molecule has 1 atom stereocenters. The molecular formula is C15H22N2O. The number of aryl methyl sites for hydroxylation is 2. The highest BCUT2D eigenvalue weighted by Crippen LogP contribution is 2.24. The van der Waals surface area contributed by atoms with Crippen molar-refractivity contribution in [3.63, 3.8) is 0 Å². The lowest BCUT2D eigenvalue weighted by molar-refractivity contribution is -0.117. The minimum Gasteiger partial charge on any atom is -0.325 e. The molecule has 1 aliphatic rings. The van der Waals surface area contributed by atoms with Gasteiger partial charge in [-0.25, -0.2) is 0 Å². The fourth-order valence-electron chi connectivity index (χ4n) is 2.50. The van der Waals surface area contributed by atoms with Gasteiger partial charge in [-0.05, 0) is 54.9 Å². The Balaban J connectivity index is 1.99. The van der Waals surface area contributed by atoms with E-state index in [0.717, 1.165) is 24.9 Å². The number of nitrogens with one attached hydrogen (secondary N) is 1. The van der Waals surface area contributed by atoms with Crippen molar-refractivity contribution in [2.24, 2.45) is 11.7 Å². The zero-order chi connectivity index (χ0) is 13.1. The first-order chi connectivity index (χ1) is 8.56. The van der Waals surface area contributed by atoms with Crippen LogP contribution in [-0.2, 0) is 17.6 Å². The maximum absolute atomic E-state index is 11.9. The molecular weight excluding hydrogens is 224 g/mol. The van der Waals surface area contributed by atoms with Gasteiger partial charge in [0.15, 0.2) is 0 Å². The molecule has 3 N–H and O–H groups in total. The Morgan fingerprint density at radius 2 is 2.06 bits per heavy atom. The van der Waals surface area contributed by atoms with Crippen molar-refractivity contribution in [3.8, 4) is 0 Å². The lowest BCUT2D eigenvalue weighted by atomic mass is 10.0. The summed E-state index contributed by atoms with van der Waals surface area (Å²) >= 11 is 0. The molecule has 18 heavy (non-hydrogen) atoms. The van der Waals surface area contributed by atoms with Gasteiger partial charge in [0.25, 0.3) is 0 Å². The van der Waals surface area contributed by atoms with Crippen LogP contribution >= 0.6 is 0 Å². The summed E-state index contributed by atoms with van der Waals surface area (Å²) in [6.45, 7) is 4.14. The number of benzene rings is 1. The molecule has 0 radical (unpaired) electrons. The summed E-state index contributed by atoms with van der Waals surface area (Å²) in [5, 5.41) is 2.91. The van der Waals surface area contributed by atoms with E-state index in [9.17, 15) is 4.79 Å². The lowest BCUT2D eigenvalue weighted by Crippen LogP contribution is -2.36. The van der Waals surface area contributed by atoms with Crippen LogP contribution in [0.25, 0.3) is 0 Å². The van der Waals surface area contributed by atoms with E-state index in [0.29, 0.717) is 5.92 Å². The zero-order valence-electron chi connectivity index (χ0n) is 11.2. The quantitative estimate of drug-likeness (QED) is 0.857. The summed E-state index contributed by atoms with van der Waals surface area (Å²) in [5.74, 6) is 0.354. The smallest absolute Gasteiger partial charge is 0.241 e. The molecule has 3 heteroatoms. The van der Waals surface area contributed by atoms with E-state index in [2.05, 4.69) is 31.3 Å². The molecule has 1 aliphatic carbocycles. The van der Waals surface area contributed by atoms with Crippen molar-refractivity contribution in [3.05, 3.63) is 29.3 Å². The molecule has 2 rings (SSSR count). The third-order valence-electron chi connectivity index (χ3n) is 3.43. The van der Waals surface area contributed by atoms with E-state index < -0.39 is 6.04 Å². The van der Waals surface area contributed by atoms with Gasteiger partial charge in [-0.15, -0.1) is 0 Å². The molecule has 0 aliphatic heterocycles. The Bertz CT molecular complexity index is 440. The SMILES string of the molecule is CC(C)C[C@H](N)C(=O)Nc1ccc2c(c1)CCC2. The second-order valence-corrected chi connectivity index (χ2v) is 5.56. The second kappa shape index (κ2) is 5.53. The Hall–Kier alpha value is -1.35. The first kappa shape index (κ1) is 13.1. The summed E-state index contributed by atoms with van der Waals surface area (Å²) in [5.41, 5.74) is 9.52. The van der Waals surface area contributed by atoms with Gasteiger partial charge in [0.1, 0.15) is 0 Å². The summed E-state index contributed by atoms with van der Waals surface area (Å²) in [6, 6.07) is 5.76. The largest absolute Gasteiger partial charge is 0.325 e. The topological polar surface area (TPSA) is 55.1 Å². The fourth-order valence-corrected chi connectivity index (χ4v) is 2.50. The maximum Gasteiger partial charge on any atom is 0.241 e. The van der Waals surface area contributed by atoms with E-state index in [4.69, 9.17) is 5.73 Å². The van der Waals surface area contributed by atoms with Gasteiger partial charge >= 0.3 is 0 Å². The van der Waals surface area contributed by atoms with E-state index in [1.54, 1.807) is 0 Å². The Labute approximate surface area is 109 Å². The number of nitrogens with two attached hydrogens (primary N) is 1. The average Bonchev–Trinajstić information content (AvgIpc) is 2.75. The van der Waals surface area contributed by atoms with Crippen LogP contribution in [0.1, 0.15) is 37.8 Å². The number of hydrogen-bond donors (Lipinski definition) is 2. The first-order valence-electron chi connectivity index (χ1n) is 6.74. The molecule has 3 nitrogen and oxygen atoms in total. The minimum absolute atomic E-state index is 0.0818. The molecule has 0 saturated carbocycles. The van der Waals surface area contributed by atoms with Gasteiger partial charge in [-0.3, -0.25) is 4.79 Å². The maximum atomic E-state index is 11.9. The highest BCUT2D eigenvalue weighted by molar-refractivity contribution is 5.94. The van der Waals surface area contributed by atoms with Gasteiger partial charge in [-0.1, -0.05) is 19.9 Å². The minimum atomic E-state index is -0.418. The summed E-state index contributed by atoms with van der Waals surface area (Å²) in [7, 11) is 0. The summed E-state index contributed by atoms with van der Waals surface area (Å²) in [4.78, 5) is 11.9. The number of rotatable bonds is 4. The number of hydrogen-bond acceptors (Lipinski definition) is 2. The van der Waals surface area contributed by atoms with Crippen LogP contribution < -0.4 is 11.1 Å². The van der Waals surface area contributed by atoms with Crippen LogP contribution in [-0.4, -0.2) is 11.9 Å². The van der Waals surface area contributed by atoms with Crippen molar-refractivity contribution in [2.45, 2.75) is 45.6 Å².